The summed E-state index contributed by atoms with van der Waals surface area (Å²) < 4.78 is 0. The van der Waals surface area contributed by atoms with E-state index in [2.05, 4.69) is 31.4 Å². The number of nitrogens with one attached hydrogen (secondary N) is 4. The van der Waals surface area contributed by atoms with Crippen LogP contribution < -0.4 is 26.3 Å². The molecular formula is C22H28N8OS. The van der Waals surface area contributed by atoms with Gasteiger partial charge in [0.25, 0.3) is 0 Å². The van der Waals surface area contributed by atoms with E-state index in [9.17, 15) is 4.79 Å². The predicted molar refractivity (Wildman–Crippen MR) is 127 cm³/mol. The molecule has 4 N–H and O–H groups in total. The minimum absolute atomic E-state index is 0.0352. The standard InChI is InChI=1S/C22H28N8OS/c1-14-12-19(29-28-14)25-18-13-20(30-10-8-23-9-11-30)27-22(26-18)32-17-6-4-16(5-7-17)24-21(31)15-2-3-15/h4-7,13,15,19,23,29H,2-3,8-12H2,1H3,(H,24,31)(H,25,26,27). The molecule has 3 aliphatic rings. The van der Waals surface area contributed by atoms with Gasteiger partial charge in [-0.15, -0.1) is 0 Å². The van der Waals surface area contributed by atoms with Gasteiger partial charge in [0.05, 0.1) is 0 Å². The van der Waals surface area contributed by atoms with Crippen LogP contribution in [-0.2, 0) is 4.79 Å². The fourth-order valence-corrected chi connectivity index (χ4v) is 4.49. The first-order valence-corrected chi connectivity index (χ1v) is 11.9. The monoisotopic (exact) mass is 452 g/mol. The second kappa shape index (κ2) is 9.33. The number of aromatic nitrogens is 2. The van der Waals surface area contributed by atoms with Crippen molar-refractivity contribution in [2.75, 3.05) is 41.7 Å². The number of anilines is 3. The van der Waals surface area contributed by atoms with Crippen molar-refractivity contribution in [3.63, 3.8) is 0 Å². The second-order valence-electron chi connectivity index (χ2n) is 8.40. The molecule has 5 rings (SSSR count). The number of carbonyl (C=O) groups excluding carboxylic acids is 1. The molecule has 1 aromatic heterocycles. The van der Waals surface area contributed by atoms with E-state index < -0.39 is 0 Å². The summed E-state index contributed by atoms with van der Waals surface area (Å²) in [6.07, 6.45) is 2.87. The van der Waals surface area contributed by atoms with Crippen LogP contribution in [0.1, 0.15) is 26.2 Å². The molecule has 1 saturated heterocycles. The van der Waals surface area contributed by atoms with Crippen molar-refractivity contribution in [3.8, 4) is 0 Å². The van der Waals surface area contributed by atoms with Crippen LogP contribution in [0, 0.1) is 5.92 Å². The highest BCUT2D eigenvalue weighted by atomic mass is 32.2. The first-order chi connectivity index (χ1) is 15.6. The van der Waals surface area contributed by atoms with Crippen LogP contribution in [0.25, 0.3) is 0 Å². The van der Waals surface area contributed by atoms with Crippen LogP contribution in [0.3, 0.4) is 0 Å². The van der Waals surface area contributed by atoms with Crippen LogP contribution in [0.5, 0.6) is 0 Å². The maximum Gasteiger partial charge on any atom is 0.227 e. The number of nitrogens with zero attached hydrogens (tertiary/aromatic N) is 4. The molecule has 0 radical (unpaired) electrons. The lowest BCUT2D eigenvalue weighted by Gasteiger charge is -2.29. The van der Waals surface area contributed by atoms with Crippen LogP contribution in [-0.4, -0.2) is 53.9 Å². The molecule has 3 heterocycles. The van der Waals surface area contributed by atoms with Gasteiger partial charge in [0.15, 0.2) is 5.16 Å². The lowest BCUT2D eigenvalue weighted by atomic mass is 10.2. The Morgan fingerprint density at radius 2 is 1.94 bits per heavy atom. The Labute approximate surface area is 191 Å². The van der Waals surface area contributed by atoms with Gasteiger partial charge in [0, 0.05) is 60.9 Å². The van der Waals surface area contributed by atoms with Crippen LogP contribution in [0.2, 0.25) is 0 Å². The molecule has 10 heteroatoms. The Morgan fingerprint density at radius 1 is 1.16 bits per heavy atom. The topological polar surface area (TPSA) is 107 Å². The van der Waals surface area contributed by atoms with E-state index in [0.717, 1.165) is 73.4 Å². The van der Waals surface area contributed by atoms with Gasteiger partial charge in [-0.1, -0.05) is 0 Å². The molecular weight excluding hydrogens is 424 g/mol. The maximum atomic E-state index is 12.0. The molecule has 2 fully saturated rings. The van der Waals surface area contributed by atoms with Crippen molar-refractivity contribution in [1.29, 1.82) is 0 Å². The largest absolute Gasteiger partial charge is 0.354 e. The zero-order chi connectivity index (χ0) is 21.9. The van der Waals surface area contributed by atoms with Crippen molar-refractivity contribution >= 4 is 40.7 Å². The van der Waals surface area contributed by atoms with E-state index in [-0.39, 0.29) is 18.0 Å². The SMILES string of the molecule is CC1=NNC(Nc2cc(N3CCNCC3)nc(Sc3ccc(NC(=O)C4CC4)cc3)n2)C1. The Hall–Kier alpha value is -2.85. The lowest BCUT2D eigenvalue weighted by Crippen LogP contribution is -2.44. The molecule has 1 aromatic carbocycles. The zero-order valence-corrected chi connectivity index (χ0v) is 18.9. The summed E-state index contributed by atoms with van der Waals surface area (Å²) >= 11 is 1.52. The van der Waals surface area contributed by atoms with Crippen LogP contribution in [0.4, 0.5) is 17.3 Å². The Kier molecular flexibility index (Phi) is 6.13. The number of hydrogen-bond donors (Lipinski definition) is 4. The van der Waals surface area contributed by atoms with E-state index in [1.807, 2.05) is 37.3 Å². The highest BCUT2D eigenvalue weighted by Gasteiger charge is 2.29. The first kappa shape index (κ1) is 21.0. The number of rotatable bonds is 7. The van der Waals surface area contributed by atoms with E-state index in [1.165, 1.54) is 11.8 Å². The summed E-state index contributed by atoms with van der Waals surface area (Å²) in [7, 11) is 0. The molecule has 0 bridgehead atoms. The summed E-state index contributed by atoms with van der Waals surface area (Å²) in [6.45, 7) is 5.74. The summed E-state index contributed by atoms with van der Waals surface area (Å²) in [5, 5.41) is 14.8. The van der Waals surface area contributed by atoms with Crippen LogP contribution in [0.15, 0.2) is 45.5 Å². The second-order valence-corrected chi connectivity index (χ2v) is 9.44. The lowest BCUT2D eigenvalue weighted by molar-refractivity contribution is -0.117. The summed E-state index contributed by atoms with van der Waals surface area (Å²) in [4.78, 5) is 24.9. The molecule has 0 spiro atoms. The molecule has 1 amide bonds. The highest BCUT2D eigenvalue weighted by Crippen LogP contribution is 2.32. The van der Waals surface area contributed by atoms with Gasteiger partial charge in [0.2, 0.25) is 5.91 Å². The Bertz CT molecular complexity index is 1000. The van der Waals surface area contributed by atoms with Gasteiger partial charge >= 0.3 is 0 Å². The van der Waals surface area contributed by atoms with Crippen molar-refractivity contribution < 1.29 is 4.79 Å². The number of carbonyl (C=O) groups is 1. The molecule has 1 atom stereocenters. The normalized spacial score (nSPS) is 20.5. The summed E-state index contributed by atoms with van der Waals surface area (Å²) in [5.41, 5.74) is 5.01. The minimum Gasteiger partial charge on any atom is -0.354 e. The van der Waals surface area contributed by atoms with Gasteiger partial charge < -0.3 is 20.9 Å². The third-order valence-electron chi connectivity index (χ3n) is 5.65. The number of hydrogen-bond acceptors (Lipinski definition) is 9. The molecule has 168 valence electrons. The van der Waals surface area contributed by atoms with E-state index in [1.54, 1.807) is 0 Å². The molecule has 1 saturated carbocycles. The van der Waals surface area contributed by atoms with Gasteiger partial charge in [0.1, 0.15) is 17.8 Å². The molecule has 2 aliphatic heterocycles. The highest BCUT2D eigenvalue weighted by molar-refractivity contribution is 7.99. The number of piperazine rings is 1. The molecule has 2 aromatic rings. The molecule has 1 unspecified atom stereocenters. The fourth-order valence-electron chi connectivity index (χ4n) is 3.73. The zero-order valence-electron chi connectivity index (χ0n) is 18.1. The maximum absolute atomic E-state index is 12.0. The van der Waals surface area contributed by atoms with Crippen molar-refractivity contribution in [3.05, 3.63) is 30.3 Å². The van der Waals surface area contributed by atoms with E-state index in [0.29, 0.717) is 5.16 Å². The van der Waals surface area contributed by atoms with Crippen LogP contribution >= 0.6 is 11.8 Å². The van der Waals surface area contributed by atoms with Gasteiger partial charge in [-0.25, -0.2) is 9.97 Å². The molecule has 9 nitrogen and oxygen atoms in total. The third kappa shape index (κ3) is 5.31. The van der Waals surface area contributed by atoms with Crippen molar-refractivity contribution in [2.45, 2.75) is 42.4 Å². The fraction of sp³-hybridized carbons (Fsp3) is 0.455. The number of hydrazone groups is 1. The molecule has 32 heavy (non-hydrogen) atoms. The van der Waals surface area contributed by atoms with Crippen molar-refractivity contribution in [1.82, 2.24) is 20.7 Å². The average Bonchev–Trinajstić information content (AvgIpc) is 3.58. The first-order valence-electron chi connectivity index (χ1n) is 11.1. The third-order valence-corrected chi connectivity index (χ3v) is 6.52. The summed E-state index contributed by atoms with van der Waals surface area (Å²) in [5.74, 6) is 2.02. The summed E-state index contributed by atoms with van der Waals surface area (Å²) in [6, 6.07) is 9.88. The van der Waals surface area contributed by atoms with Gasteiger partial charge in [-0.3, -0.25) is 10.2 Å². The van der Waals surface area contributed by atoms with Crippen molar-refractivity contribution in [2.24, 2.45) is 11.0 Å². The van der Waals surface area contributed by atoms with Gasteiger partial charge in [-0.2, -0.15) is 5.10 Å². The number of amides is 1. The van der Waals surface area contributed by atoms with E-state index in [4.69, 9.17) is 9.97 Å². The Morgan fingerprint density at radius 3 is 2.62 bits per heavy atom. The minimum atomic E-state index is 0.0352. The smallest absolute Gasteiger partial charge is 0.227 e. The Balaban J connectivity index is 1.32. The predicted octanol–water partition coefficient (Wildman–Crippen LogP) is 2.49. The molecule has 1 aliphatic carbocycles. The van der Waals surface area contributed by atoms with E-state index >= 15 is 0 Å². The number of benzene rings is 1. The quantitative estimate of drug-likeness (QED) is 0.475. The average molecular weight is 453 g/mol. The van der Waals surface area contributed by atoms with Gasteiger partial charge in [-0.05, 0) is 55.8 Å².